The lowest BCUT2D eigenvalue weighted by atomic mass is 10.1. The van der Waals surface area contributed by atoms with Crippen LogP contribution in [0.2, 0.25) is 10.0 Å². The summed E-state index contributed by atoms with van der Waals surface area (Å²) in [6.45, 7) is 2.64. The van der Waals surface area contributed by atoms with Crippen molar-refractivity contribution in [2.24, 2.45) is 0 Å². The molecule has 2 aromatic carbocycles. The van der Waals surface area contributed by atoms with Crippen molar-refractivity contribution in [2.45, 2.75) is 37.2 Å². The highest BCUT2D eigenvalue weighted by atomic mass is 35.5. The smallest absolute Gasteiger partial charge is 0.416 e. The summed E-state index contributed by atoms with van der Waals surface area (Å²) in [4.78, 5) is 0. The molecule has 0 aliphatic rings. The van der Waals surface area contributed by atoms with E-state index in [1.54, 1.807) is 24.3 Å². The van der Waals surface area contributed by atoms with Crippen LogP contribution in [0.15, 0.2) is 47.6 Å². The molecule has 4 nitrogen and oxygen atoms in total. The van der Waals surface area contributed by atoms with Crippen molar-refractivity contribution >= 4 is 35.0 Å². The average Bonchev–Trinajstić information content (AvgIpc) is 3.08. The zero-order chi connectivity index (χ0) is 21.0. The van der Waals surface area contributed by atoms with Gasteiger partial charge in [0.25, 0.3) is 0 Å². The van der Waals surface area contributed by atoms with Crippen molar-refractivity contribution in [1.82, 2.24) is 14.8 Å². The maximum atomic E-state index is 12.9. The Morgan fingerprint density at radius 3 is 2.62 bits per heavy atom. The van der Waals surface area contributed by atoms with Crippen molar-refractivity contribution in [3.63, 3.8) is 0 Å². The molecule has 0 fully saturated rings. The van der Waals surface area contributed by atoms with Gasteiger partial charge in [-0.3, -0.25) is 0 Å². The van der Waals surface area contributed by atoms with Crippen molar-refractivity contribution in [3.8, 4) is 5.75 Å². The molecule has 0 N–H and O–H groups in total. The van der Waals surface area contributed by atoms with Crippen LogP contribution in [0.4, 0.5) is 13.2 Å². The van der Waals surface area contributed by atoms with E-state index in [-0.39, 0.29) is 6.61 Å². The maximum absolute atomic E-state index is 12.9. The first-order valence-corrected chi connectivity index (χ1v) is 10.3. The average molecular weight is 462 g/mol. The fraction of sp³-hybridized carbons (Fsp3) is 0.263. The number of hydrogen-bond acceptors (Lipinski definition) is 4. The van der Waals surface area contributed by atoms with Crippen molar-refractivity contribution < 1.29 is 17.9 Å². The van der Waals surface area contributed by atoms with Crippen molar-refractivity contribution in [3.05, 3.63) is 69.5 Å². The third kappa shape index (κ3) is 5.58. The minimum Gasteiger partial charge on any atom is -0.484 e. The second-order valence-electron chi connectivity index (χ2n) is 5.99. The predicted octanol–water partition coefficient (Wildman–Crippen LogP) is 6.49. The Morgan fingerprint density at radius 1 is 1.10 bits per heavy atom. The first kappa shape index (κ1) is 21.8. The van der Waals surface area contributed by atoms with E-state index < -0.39 is 11.7 Å². The van der Waals surface area contributed by atoms with E-state index in [1.165, 1.54) is 17.8 Å². The number of halogens is 5. The summed E-state index contributed by atoms with van der Waals surface area (Å²) in [7, 11) is 0. The molecule has 1 heterocycles. The Bertz CT molecular complexity index is 995. The van der Waals surface area contributed by atoms with E-state index in [0.29, 0.717) is 44.6 Å². The second kappa shape index (κ2) is 9.28. The summed E-state index contributed by atoms with van der Waals surface area (Å²) < 4.78 is 46.1. The minimum absolute atomic E-state index is 0.130. The van der Waals surface area contributed by atoms with E-state index >= 15 is 0 Å². The molecule has 1 aromatic heterocycles. The molecule has 29 heavy (non-hydrogen) atoms. The van der Waals surface area contributed by atoms with Gasteiger partial charge in [0.2, 0.25) is 0 Å². The monoisotopic (exact) mass is 461 g/mol. The van der Waals surface area contributed by atoms with Gasteiger partial charge < -0.3 is 9.30 Å². The minimum atomic E-state index is -4.36. The zero-order valence-electron chi connectivity index (χ0n) is 15.2. The highest BCUT2D eigenvalue weighted by molar-refractivity contribution is 7.98. The Labute approximate surface area is 180 Å². The molecule has 0 radical (unpaired) electrons. The standard InChI is InChI=1S/C19H16Cl2F3N3OS/c1-2-27-17(10-28-16-9-14(20)6-7-15(16)21)25-26-18(27)29-11-12-4-3-5-13(8-12)19(22,23)24/h3-9H,2,10-11H2,1H3. The molecule has 0 aliphatic carbocycles. The molecule has 3 rings (SSSR count). The molecule has 0 aliphatic heterocycles. The van der Waals surface area contributed by atoms with Gasteiger partial charge in [0.1, 0.15) is 12.4 Å². The molecular formula is C19H16Cl2F3N3OS. The van der Waals surface area contributed by atoms with Crippen molar-refractivity contribution in [2.75, 3.05) is 0 Å². The van der Waals surface area contributed by atoms with Gasteiger partial charge in [-0.1, -0.05) is 53.2 Å². The van der Waals surface area contributed by atoms with E-state index in [0.717, 1.165) is 12.1 Å². The summed E-state index contributed by atoms with van der Waals surface area (Å²) >= 11 is 13.4. The van der Waals surface area contributed by atoms with E-state index in [2.05, 4.69) is 10.2 Å². The number of benzene rings is 2. The predicted molar refractivity (Wildman–Crippen MR) is 107 cm³/mol. The first-order valence-electron chi connectivity index (χ1n) is 8.56. The number of hydrogen-bond donors (Lipinski definition) is 0. The molecular weight excluding hydrogens is 446 g/mol. The van der Waals surface area contributed by atoms with E-state index in [9.17, 15) is 13.2 Å². The van der Waals surface area contributed by atoms with Gasteiger partial charge in [-0.25, -0.2) is 0 Å². The summed E-state index contributed by atoms with van der Waals surface area (Å²) in [5.74, 6) is 1.35. The lowest BCUT2D eigenvalue weighted by molar-refractivity contribution is -0.137. The highest BCUT2D eigenvalue weighted by Crippen LogP contribution is 2.31. The Balaban J connectivity index is 1.69. The number of thioether (sulfide) groups is 1. The highest BCUT2D eigenvalue weighted by Gasteiger charge is 2.30. The largest absolute Gasteiger partial charge is 0.484 e. The molecule has 0 saturated carbocycles. The summed E-state index contributed by atoms with van der Waals surface area (Å²) in [5.41, 5.74) is -0.112. The Kier molecular flexibility index (Phi) is 6.97. The van der Waals surface area contributed by atoms with Crippen LogP contribution in [0.5, 0.6) is 5.75 Å². The molecule has 3 aromatic rings. The molecule has 0 amide bonds. The van der Waals surface area contributed by atoms with Gasteiger partial charge in [-0.05, 0) is 30.7 Å². The summed E-state index contributed by atoms with van der Waals surface area (Å²) in [6.07, 6.45) is -4.36. The molecule has 154 valence electrons. The SMILES string of the molecule is CCn1c(COc2cc(Cl)ccc2Cl)nnc1SCc1cccc(C(F)(F)F)c1. The summed E-state index contributed by atoms with van der Waals surface area (Å²) in [6, 6.07) is 10.2. The molecule has 0 atom stereocenters. The maximum Gasteiger partial charge on any atom is 0.416 e. The number of ether oxygens (including phenoxy) is 1. The van der Waals surface area contributed by atoms with E-state index in [4.69, 9.17) is 27.9 Å². The van der Waals surface area contributed by atoms with Crippen LogP contribution >= 0.6 is 35.0 Å². The van der Waals surface area contributed by atoms with Crippen molar-refractivity contribution in [1.29, 1.82) is 0 Å². The molecule has 0 spiro atoms. The number of nitrogens with zero attached hydrogens (tertiary/aromatic N) is 3. The fourth-order valence-corrected chi connectivity index (χ4v) is 3.86. The lowest BCUT2D eigenvalue weighted by Crippen LogP contribution is -2.07. The van der Waals surface area contributed by atoms with Gasteiger partial charge in [-0.15, -0.1) is 10.2 Å². The first-order chi connectivity index (χ1) is 13.8. The Hall–Kier alpha value is -1.90. The Morgan fingerprint density at radius 2 is 1.90 bits per heavy atom. The summed E-state index contributed by atoms with van der Waals surface area (Å²) in [5, 5.41) is 9.80. The quantitative estimate of drug-likeness (QED) is 0.376. The third-order valence-electron chi connectivity index (χ3n) is 3.98. The fourth-order valence-electron chi connectivity index (χ4n) is 2.57. The number of alkyl halides is 3. The molecule has 0 bridgehead atoms. The van der Waals surface area contributed by atoms with Crippen LogP contribution in [-0.4, -0.2) is 14.8 Å². The van der Waals surface area contributed by atoms with Gasteiger partial charge in [0.15, 0.2) is 11.0 Å². The van der Waals surface area contributed by atoms with Crippen LogP contribution in [0.3, 0.4) is 0 Å². The van der Waals surface area contributed by atoms with E-state index in [1.807, 2.05) is 11.5 Å². The van der Waals surface area contributed by atoms with Crippen LogP contribution in [-0.2, 0) is 25.1 Å². The third-order valence-corrected chi connectivity index (χ3v) is 5.57. The van der Waals surface area contributed by atoms with Gasteiger partial charge >= 0.3 is 6.18 Å². The van der Waals surface area contributed by atoms with Gasteiger partial charge in [-0.2, -0.15) is 13.2 Å². The zero-order valence-corrected chi connectivity index (χ0v) is 17.5. The molecule has 10 heteroatoms. The number of aromatic nitrogens is 3. The van der Waals surface area contributed by atoms with Crippen LogP contribution in [0, 0.1) is 0 Å². The topological polar surface area (TPSA) is 39.9 Å². The normalized spacial score (nSPS) is 11.7. The number of rotatable bonds is 7. The molecule has 0 saturated heterocycles. The second-order valence-corrected chi connectivity index (χ2v) is 7.78. The van der Waals surface area contributed by atoms with Crippen LogP contribution in [0.1, 0.15) is 23.9 Å². The van der Waals surface area contributed by atoms with Crippen LogP contribution in [0.25, 0.3) is 0 Å². The molecule has 0 unspecified atom stereocenters. The lowest BCUT2D eigenvalue weighted by Gasteiger charge is -2.11. The van der Waals surface area contributed by atoms with Crippen LogP contribution < -0.4 is 4.74 Å². The van der Waals surface area contributed by atoms with Gasteiger partial charge in [0.05, 0.1) is 10.6 Å². The van der Waals surface area contributed by atoms with Gasteiger partial charge in [0, 0.05) is 23.4 Å².